The number of hydrogen-bond acceptors (Lipinski definition) is 6. The van der Waals surface area contributed by atoms with Crippen LogP contribution in [0.1, 0.15) is 53.0 Å². The lowest BCUT2D eigenvalue weighted by molar-refractivity contribution is -0.120. The van der Waals surface area contributed by atoms with Crippen LogP contribution in [0.15, 0.2) is 83.5 Å². The van der Waals surface area contributed by atoms with Gasteiger partial charge in [-0.2, -0.15) is 0 Å². The SMILES string of the molecule is CCCCOC(=O)c1cccc(N2C(=O)C(Cl)=C(Nc3ccc(C(=O)Nc4ccc(CC)cc4)cc3)C2=O)c1. The Morgan fingerprint density at radius 3 is 2.23 bits per heavy atom. The van der Waals surface area contributed by atoms with Gasteiger partial charge in [0.1, 0.15) is 10.7 Å². The molecule has 0 aliphatic carbocycles. The molecule has 1 aliphatic heterocycles. The summed E-state index contributed by atoms with van der Waals surface area (Å²) in [6, 6.07) is 20.1. The summed E-state index contributed by atoms with van der Waals surface area (Å²) in [6.07, 6.45) is 2.53. The Morgan fingerprint density at radius 1 is 0.872 bits per heavy atom. The quantitative estimate of drug-likeness (QED) is 0.187. The number of ether oxygens (including phenoxy) is 1. The van der Waals surface area contributed by atoms with Gasteiger partial charge in [-0.1, -0.05) is 50.1 Å². The van der Waals surface area contributed by atoms with Gasteiger partial charge in [-0.25, -0.2) is 9.69 Å². The van der Waals surface area contributed by atoms with Crippen LogP contribution >= 0.6 is 11.6 Å². The number of carbonyl (C=O) groups excluding carboxylic acids is 4. The zero-order valence-electron chi connectivity index (χ0n) is 21.6. The number of nitrogens with zero attached hydrogens (tertiary/aromatic N) is 1. The van der Waals surface area contributed by atoms with Gasteiger partial charge in [-0.05, 0) is 73.0 Å². The minimum atomic E-state index is -0.717. The summed E-state index contributed by atoms with van der Waals surface area (Å²) in [5.41, 5.74) is 3.05. The number of carbonyl (C=O) groups is 4. The van der Waals surface area contributed by atoms with E-state index in [2.05, 4.69) is 17.6 Å². The summed E-state index contributed by atoms with van der Waals surface area (Å²) in [5.74, 6) is -2.21. The van der Waals surface area contributed by atoms with Crippen molar-refractivity contribution in [1.29, 1.82) is 0 Å². The topological polar surface area (TPSA) is 105 Å². The first-order chi connectivity index (χ1) is 18.8. The fourth-order valence-corrected chi connectivity index (χ4v) is 4.10. The Balaban J connectivity index is 1.44. The van der Waals surface area contributed by atoms with Crippen molar-refractivity contribution in [3.8, 4) is 0 Å². The van der Waals surface area contributed by atoms with Gasteiger partial charge < -0.3 is 15.4 Å². The van der Waals surface area contributed by atoms with E-state index in [4.69, 9.17) is 16.3 Å². The van der Waals surface area contributed by atoms with E-state index in [1.165, 1.54) is 17.7 Å². The number of aryl methyl sites for hydroxylation is 1. The van der Waals surface area contributed by atoms with E-state index in [1.807, 2.05) is 31.2 Å². The standard InChI is InChI=1S/C30H28ClN3O5/c1-3-5-17-39-30(38)21-7-6-8-24(18-21)34-28(36)25(31)26(29(34)37)32-22-15-11-20(12-16-22)27(35)33-23-13-9-19(4-2)10-14-23/h6-16,18,32H,3-5,17H2,1-2H3,(H,33,35). The molecule has 0 fully saturated rings. The number of hydrogen-bond donors (Lipinski definition) is 2. The van der Waals surface area contributed by atoms with E-state index in [0.717, 1.165) is 24.2 Å². The average Bonchev–Trinajstić information content (AvgIpc) is 3.16. The normalized spacial score (nSPS) is 13.1. The summed E-state index contributed by atoms with van der Waals surface area (Å²) in [7, 11) is 0. The van der Waals surface area contributed by atoms with E-state index < -0.39 is 17.8 Å². The van der Waals surface area contributed by atoms with Gasteiger partial charge >= 0.3 is 5.97 Å². The van der Waals surface area contributed by atoms with Gasteiger partial charge in [0.25, 0.3) is 17.7 Å². The number of nitrogens with one attached hydrogen (secondary N) is 2. The molecule has 8 nitrogen and oxygen atoms in total. The molecular weight excluding hydrogens is 518 g/mol. The third-order valence-corrected chi connectivity index (χ3v) is 6.49. The highest BCUT2D eigenvalue weighted by atomic mass is 35.5. The second kappa shape index (κ2) is 12.4. The van der Waals surface area contributed by atoms with Crippen LogP contribution in [0.4, 0.5) is 17.1 Å². The van der Waals surface area contributed by atoms with Gasteiger partial charge in [-0.15, -0.1) is 0 Å². The summed E-state index contributed by atoms with van der Waals surface area (Å²) in [6.45, 7) is 4.33. The van der Waals surface area contributed by atoms with Crippen molar-refractivity contribution in [1.82, 2.24) is 0 Å². The molecule has 3 amide bonds. The number of unbranched alkanes of at least 4 members (excludes halogenated alkanes) is 1. The number of amides is 3. The van der Waals surface area contributed by atoms with Crippen LogP contribution in [0.5, 0.6) is 0 Å². The van der Waals surface area contributed by atoms with Gasteiger partial charge in [0.05, 0.1) is 17.9 Å². The Bertz CT molecular complexity index is 1430. The fraction of sp³-hybridized carbons (Fsp3) is 0.200. The van der Waals surface area contributed by atoms with Crippen molar-refractivity contribution in [2.24, 2.45) is 0 Å². The smallest absolute Gasteiger partial charge is 0.338 e. The van der Waals surface area contributed by atoms with Gasteiger partial charge in [0.15, 0.2) is 0 Å². The lowest BCUT2D eigenvalue weighted by atomic mass is 10.1. The summed E-state index contributed by atoms with van der Waals surface area (Å²) in [5, 5.41) is 5.44. The maximum atomic E-state index is 13.2. The molecule has 0 atom stereocenters. The van der Waals surface area contributed by atoms with Gasteiger partial charge in [-0.3, -0.25) is 14.4 Å². The molecule has 1 aliphatic rings. The molecule has 1 heterocycles. The summed E-state index contributed by atoms with van der Waals surface area (Å²) < 4.78 is 5.23. The van der Waals surface area contributed by atoms with Gasteiger partial charge in [0, 0.05) is 16.9 Å². The Labute approximate surface area is 231 Å². The van der Waals surface area contributed by atoms with Crippen LogP contribution in [0.3, 0.4) is 0 Å². The van der Waals surface area contributed by atoms with Crippen molar-refractivity contribution < 1.29 is 23.9 Å². The molecule has 0 saturated heterocycles. The molecule has 0 spiro atoms. The van der Waals surface area contributed by atoms with E-state index in [0.29, 0.717) is 16.9 Å². The second-order valence-electron chi connectivity index (χ2n) is 8.88. The van der Waals surface area contributed by atoms with Crippen molar-refractivity contribution >= 4 is 52.4 Å². The lowest BCUT2D eigenvalue weighted by Crippen LogP contribution is -2.32. The molecule has 0 saturated carbocycles. The highest BCUT2D eigenvalue weighted by Gasteiger charge is 2.39. The van der Waals surface area contributed by atoms with E-state index in [-0.39, 0.29) is 34.5 Å². The molecule has 200 valence electrons. The molecule has 4 rings (SSSR count). The fourth-order valence-electron chi connectivity index (χ4n) is 3.89. The molecule has 39 heavy (non-hydrogen) atoms. The molecule has 0 aromatic heterocycles. The molecule has 3 aromatic rings. The third-order valence-electron chi connectivity index (χ3n) is 6.13. The van der Waals surface area contributed by atoms with E-state index >= 15 is 0 Å². The highest BCUT2D eigenvalue weighted by Crippen LogP contribution is 2.31. The Morgan fingerprint density at radius 2 is 1.56 bits per heavy atom. The first kappa shape index (κ1) is 27.6. The highest BCUT2D eigenvalue weighted by molar-refractivity contribution is 6.53. The predicted octanol–water partition coefficient (Wildman–Crippen LogP) is 5.89. The van der Waals surface area contributed by atoms with Crippen molar-refractivity contribution in [3.05, 3.63) is 100 Å². The monoisotopic (exact) mass is 545 g/mol. The summed E-state index contributed by atoms with van der Waals surface area (Å²) >= 11 is 6.25. The largest absolute Gasteiger partial charge is 0.462 e. The molecule has 0 radical (unpaired) electrons. The first-order valence-corrected chi connectivity index (χ1v) is 13.0. The number of benzene rings is 3. The van der Waals surface area contributed by atoms with Crippen LogP contribution in [-0.4, -0.2) is 30.3 Å². The third kappa shape index (κ3) is 6.35. The van der Waals surface area contributed by atoms with Crippen molar-refractivity contribution in [3.63, 3.8) is 0 Å². The summed E-state index contributed by atoms with van der Waals surface area (Å²) in [4.78, 5) is 51.9. The maximum absolute atomic E-state index is 13.2. The molecule has 3 aromatic carbocycles. The van der Waals surface area contributed by atoms with Crippen LogP contribution in [0, 0.1) is 0 Å². The van der Waals surface area contributed by atoms with Crippen LogP contribution in [-0.2, 0) is 20.7 Å². The number of halogens is 1. The minimum Gasteiger partial charge on any atom is -0.462 e. The van der Waals surface area contributed by atoms with Crippen LogP contribution < -0.4 is 15.5 Å². The number of rotatable bonds is 10. The molecular formula is C30H28ClN3O5. The van der Waals surface area contributed by atoms with Crippen LogP contribution in [0.25, 0.3) is 0 Å². The average molecular weight is 546 g/mol. The lowest BCUT2D eigenvalue weighted by Gasteiger charge is -2.16. The van der Waals surface area contributed by atoms with E-state index in [9.17, 15) is 19.2 Å². The van der Waals surface area contributed by atoms with Crippen molar-refractivity contribution in [2.45, 2.75) is 33.1 Å². The minimum absolute atomic E-state index is 0.106. The molecule has 2 N–H and O–H groups in total. The zero-order valence-corrected chi connectivity index (χ0v) is 22.4. The molecule has 0 unspecified atom stereocenters. The predicted molar refractivity (Wildman–Crippen MR) is 151 cm³/mol. The van der Waals surface area contributed by atoms with Crippen LogP contribution in [0.2, 0.25) is 0 Å². The number of esters is 1. The maximum Gasteiger partial charge on any atom is 0.338 e. The molecule has 9 heteroatoms. The first-order valence-electron chi connectivity index (χ1n) is 12.7. The number of anilines is 3. The second-order valence-corrected chi connectivity index (χ2v) is 9.26. The Kier molecular flexibility index (Phi) is 8.78. The Hall–Kier alpha value is -4.43. The van der Waals surface area contributed by atoms with E-state index in [1.54, 1.807) is 36.4 Å². The van der Waals surface area contributed by atoms with Gasteiger partial charge in [0.2, 0.25) is 0 Å². The number of imide groups is 1. The van der Waals surface area contributed by atoms with Crippen molar-refractivity contribution in [2.75, 3.05) is 22.1 Å². The zero-order chi connectivity index (χ0) is 27.9. The molecule has 0 bridgehead atoms.